The Morgan fingerprint density at radius 3 is 1.82 bits per heavy atom. The van der Waals surface area contributed by atoms with E-state index in [4.69, 9.17) is 0 Å². The van der Waals surface area contributed by atoms with Crippen molar-refractivity contribution in [2.75, 3.05) is 0 Å². The Bertz CT molecular complexity index is 2070. The summed E-state index contributed by atoms with van der Waals surface area (Å²) in [6, 6.07) is 49.4. The average Bonchev–Trinajstić information content (AvgIpc) is 3.39. The zero-order valence-corrected chi connectivity index (χ0v) is 21.9. The maximum Gasteiger partial charge on any atom is 0.116 e. The fourth-order valence-electron chi connectivity index (χ4n) is 6.45. The summed E-state index contributed by atoms with van der Waals surface area (Å²) in [6.45, 7) is 0. The summed E-state index contributed by atoms with van der Waals surface area (Å²) in [5, 5.41) is 15.6. The highest BCUT2D eigenvalue weighted by atomic mass is 16.3. The van der Waals surface area contributed by atoms with Gasteiger partial charge < -0.3 is 5.11 Å². The predicted octanol–water partition coefficient (Wildman–Crippen LogP) is 10.3. The molecule has 1 aliphatic rings. The Hall–Kier alpha value is -5.14. The van der Waals surface area contributed by atoms with Crippen LogP contribution in [0.1, 0.15) is 11.1 Å². The molecule has 0 saturated carbocycles. The van der Waals surface area contributed by atoms with E-state index in [-0.39, 0.29) is 0 Å². The summed E-state index contributed by atoms with van der Waals surface area (Å²) in [5.41, 5.74) is 12.3. The van der Waals surface area contributed by atoms with Gasteiger partial charge in [0, 0.05) is 0 Å². The van der Waals surface area contributed by atoms with Gasteiger partial charge in [-0.1, -0.05) is 109 Å². The largest absolute Gasteiger partial charge is 0.508 e. The van der Waals surface area contributed by atoms with E-state index in [1.54, 1.807) is 0 Å². The molecule has 7 aromatic rings. The van der Waals surface area contributed by atoms with Crippen LogP contribution in [0.4, 0.5) is 0 Å². The SMILES string of the molecule is Oc1cc(-c2cc(-c3ccccc3)cc3c2Cc2ccc(-c4ccccc4)cc2-3)c2ccc3ccccc3c2c1. The lowest BCUT2D eigenvalue weighted by Crippen LogP contribution is -1.92. The van der Waals surface area contributed by atoms with Gasteiger partial charge in [-0.05, 0) is 114 Å². The van der Waals surface area contributed by atoms with E-state index in [2.05, 4.69) is 127 Å². The smallest absolute Gasteiger partial charge is 0.116 e. The molecule has 0 fully saturated rings. The molecule has 1 N–H and O–H groups in total. The molecular formula is C39H26O. The number of aromatic hydroxyl groups is 1. The van der Waals surface area contributed by atoms with E-state index in [0.717, 1.165) is 28.1 Å². The van der Waals surface area contributed by atoms with Crippen molar-refractivity contribution in [3.63, 3.8) is 0 Å². The molecule has 0 radical (unpaired) electrons. The molecule has 0 saturated heterocycles. The zero-order chi connectivity index (χ0) is 26.6. The first-order chi connectivity index (χ1) is 19.7. The van der Waals surface area contributed by atoms with Gasteiger partial charge >= 0.3 is 0 Å². The van der Waals surface area contributed by atoms with Crippen LogP contribution in [0.5, 0.6) is 5.75 Å². The van der Waals surface area contributed by atoms with Gasteiger partial charge in [0.05, 0.1) is 0 Å². The number of hydrogen-bond acceptors (Lipinski definition) is 1. The van der Waals surface area contributed by atoms with Crippen LogP contribution in [0.2, 0.25) is 0 Å². The van der Waals surface area contributed by atoms with E-state index in [1.165, 1.54) is 55.5 Å². The van der Waals surface area contributed by atoms with Gasteiger partial charge in [-0.2, -0.15) is 0 Å². The topological polar surface area (TPSA) is 20.2 Å². The molecule has 8 rings (SSSR count). The fourth-order valence-corrected chi connectivity index (χ4v) is 6.45. The standard InChI is InChI=1S/C39H26O/c40-31-23-38-32-14-8-7-13-27(32)17-18-33(38)39(24-31)37-22-30(26-11-5-2-6-12-26)21-35-34-19-28(25-9-3-1-4-10-25)15-16-29(34)20-36(35)37/h1-19,21-24,40H,20H2. The van der Waals surface area contributed by atoms with Crippen LogP contribution in [-0.2, 0) is 6.42 Å². The highest BCUT2D eigenvalue weighted by Crippen LogP contribution is 2.47. The quantitative estimate of drug-likeness (QED) is 0.234. The second-order valence-corrected chi connectivity index (χ2v) is 10.7. The van der Waals surface area contributed by atoms with Crippen LogP contribution in [0.25, 0.3) is 66.1 Å². The Kier molecular flexibility index (Phi) is 5.11. The van der Waals surface area contributed by atoms with Gasteiger partial charge in [0.2, 0.25) is 0 Å². The number of fused-ring (bicyclic) bond motifs is 6. The molecule has 1 aliphatic carbocycles. The average molecular weight is 511 g/mol. The van der Waals surface area contributed by atoms with Crippen LogP contribution >= 0.6 is 0 Å². The Morgan fingerprint density at radius 2 is 1.05 bits per heavy atom. The summed E-state index contributed by atoms with van der Waals surface area (Å²) in [4.78, 5) is 0. The molecule has 0 aliphatic heterocycles. The predicted molar refractivity (Wildman–Crippen MR) is 168 cm³/mol. The van der Waals surface area contributed by atoms with Crippen molar-refractivity contribution in [3.05, 3.63) is 151 Å². The van der Waals surface area contributed by atoms with Crippen molar-refractivity contribution in [2.24, 2.45) is 0 Å². The number of hydrogen-bond donors (Lipinski definition) is 1. The van der Waals surface area contributed by atoms with Crippen molar-refractivity contribution in [1.29, 1.82) is 0 Å². The molecule has 1 nitrogen and oxygen atoms in total. The lowest BCUT2D eigenvalue weighted by Gasteiger charge is -2.16. The van der Waals surface area contributed by atoms with Crippen molar-refractivity contribution < 1.29 is 5.11 Å². The normalized spacial score (nSPS) is 12.0. The fraction of sp³-hybridized carbons (Fsp3) is 0.0256. The molecule has 0 atom stereocenters. The molecule has 0 amide bonds. The van der Waals surface area contributed by atoms with E-state index < -0.39 is 0 Å². The Morgan fingerprint density at radius 1 is 0.400 bits per heavy atom. The van der Waals surface area contributed by atoms with Gasteiger partial charge in [0.25, 0.3) is 0 Å². The van der Waals surface area contributed by atoms with Gasteiger partial charge in [0.15, 0.2) is 0 Å². The van der Waals surface area contributed by atoms with Gasteiger partial charge in [-0.3, -0.25) is 0 Å². The van der Waals surface area contributed by atoms with E-state index in [9.17, 15) is 5.11 Å². The molecular weight excluding hydrogens is 484 g/mol. The van der Waals surface area contributed by atoms with Crippen molar-refractivity contribution in [3.8, 4) is 50.3 Å². The lowest BCUT2D eigenvalue weighted by atomic mass is 9.87. The monoisotopic (exact) mass is 510 g/mol. The summed E-state index contributed by atoms with van der Waals surface area (Å²) in [7, 11) is 0. The van der Waals surface area contributed by atoms with Gasteiger partial charge in [0.1, 0.15) is 5.75 Å². The molecule has 1 heteroatoms. The third-order valence-corrected chi connectivity index (χ3v) is 8.37. The lowest BCUT2D eigenvalue weighted by molar-refractivity contribution is 0.476. The molecule has 0 spiro atoms. The summed E-state index contributed by atoms with van der Waals surface area (Å²) in [6.07, 6.45) is 0.870. The van der Waals surface area contributed by atoms with Crippen LogP contribution in [0.15, 0.2) is 140 Å². The minimum atomic E-state index is 0.291. The maximum atomic E-state index is 11.0. The molecule has 0 aromatic heterocycles. The number of rotatable bonds is 3. The molecule has 40 heavy (non-hydrogen) atoms. The van der Waals surface area contributed by atoms with E-state index in [1.807, 2.05) is 12.1 Å². The molecule has 0 bridgehead atoms. The van der Waals surface area contributed by atoms with Gasteiger partial charge in [-0.25, -0.2) is 0 Å². The van der Waals surface area contributed by atoms with Crippen LogP contribution < -0.4 is 0 Å². The first-order valence-corrected chi connectivity index (χ1v) is 13.8. The molecule has 7 aromatic carbocycles. The molecule has 0 heterocycles. The van der Waals surface area contributed by atoms with Gasteiger partial charge in [-0.15, -0.1) is 0 Å². The Labute approximate surface area is 233 Å². The van der Waals surface area contributed by atoms with Crippen LogP contribution in [0.3, 0.4) is 0 Å². The van der Waals surface area contributed by atoms with E-state index >= 15 is 0 Å². The first kappa shape index (κ1) is 22.8. The zero-order valence-electron chi connectivity index (χ0n) is 21.9. The van der Waals surface area contributed by atoms with E-state index in [0.29, 0.717) is 5.75 Å². The highest BCUT2D eigenvalue weighted by Gasteiger charge is 2.25. The van der Waals surface area contributed by atoms with Crippen molar-refractivity contribution >= 4 is 21.5 Å². The summed E-state index contributed by atoms with van der Waals surface area (Å²) in [5.74, 6) is 0.291. The second-order valence-electron chi connectivity index (χ2n) is 10.7. The third kappa shape index (κ3) is 3.63. The number of benzene rings is 7. The molecule has 188 valence electrons. The highest BCUT2D eigenvalue weighted by molar-refractivity contribution is 6.13. The van der Waals surface area contributed by atoms with Crippen molar-refractivity contribution in [2.45, 2.75) is 6.42 Å². The summed E-state index contributed by atoms with van der Waals surface area (Å²) >= 11 is 0. The second kappa shape index (κ2) is 8.97. The summed E-state index contributed by atoms with van der Waals surface area (Å²) < 4.78 is 0. The van der Waals surface area contributed by atoms with Crippen LogP contribution in [0, 0.1) is 0 Å². The minimum absolute atomic E-state index is 0.291. The number of phenolic OH excluding ortho intramolecular Hbond substituents is 1. The third-order valence-electron chi connectivity index (χ3n) is 8.37. The minimum Gasteiger partial charge on any atom is -0.508 e. The first-order valence-electron chi connectivity index (χ1n) is 13.8. The maximum absolute atomic E-state index is 11.0. The molecule has 0 unspecified atom stereocenters. The Balaban J connectivity index is 1.42. The van der Waals surface area contributed by atoms with Crippen LogP contribution in [-0.4, -0.2) is 5.11 Å². The number of phenols is 1. The van der Waals surface area contributed by atoms with Crippen molar-refractivity contribution in [1.82, 2.24) is 0 Å².